The molecule has 6 nitrogen and oxygen atoms in total. The molecule has 1 aromatic carbocycles. The van der Waals surface area contributed by atoms with E-state index in [-0.39, 0.29) is 17.9 Å². The zero-order chi connectivity index (χ0) is 20.4. The van der Waals surface area contributed by atoms with E-state index in [9.17, 15) is 19.8 Å². The molecule has 0 radical (unpaired) electrons. The summed E-state index contributed by atoms with van der Waals surface area (Å²) in [6, 6.07) is 9.16. The number of carboxylic acids is 2. The predicted molar refractivity (Wildman–Crippen MR) is 102 cm³/mol. The number of carbonyl (C=O) groups is 2. The normalized spacial score (nSPS) is 13.6. The van der Waals surface area contributed by atoms with E-state index in [1.165, 1.54) is 0 Å². The van der Waals surface area contributed by atoms with Gasteiger partial charge in [-0.25, -0.2) is 9.59 Å². The Labute approximate surface area is 160 Å². The van der Waals surface area contributed by atoms with Crippen molar-refractivity contribution in [2.24, 2.45) is 5.92 Å². The summed E-state index contributed by atoms with van der Waals surface area (Å²) in [4.78, 5) is 33.8. The summed E-state index contributed by atoms with van der Waals surface area (Å²) >= 11 is 0. The molecule has 1 aromatic rings. The largest absolute Gasteiger partial charge is 0.478 e. The number of hydrogen-bond donors (Lipinski definition) is 2. The molecule has 0 aliphatic rings. The first-order valence-electron chi connectivity index (χ1n) is 9.33. The van der Waals surface area contributed by atoms with Gasteiger partial charge in [-0.1, -0.05) is 69.9 Å². The zero-order valence-corrected chi connectivity index (χ0v) is 16.5. The molecular weight excluding hydrogens is 348 g/mol. The highest BCUT2D eigenvalue weighted by Gasteiger charge is 2.30. The molecule has 0 heterocycles. The third-order valence-corrected chi connectivity index (χ3v) is 4.56. The lowest BCUT2D eigenvalue weighted by Crippen LogP contribution is -2.24. The highest BCUT2D eigenvalue weighted by atomic mass is 17.2. The first-order valence-corrected chi connectivity index (χ1v) is 9.33. The van der Waals surface area contributed by atoms with Gasteiger partial charge in [0.1, 0.15) is 5.60 Å². The van der Waals surface area contributed by atoms with E-state index in [1.807, 2.05) is 37.3 Å². The third kappa shape index (κ3) is 7.06. The smallest absolute Gasteiger partial charge is 0.375 e. The summed E-state index contributed by atoms with van der Waals surface area (Å²) in [5.41, 5.74) is -0.437. The van der Waals surface area contributed by atoms with Crippen molar-refractivity contribution in [1.29, 1.82) is 0 Å². The quantitative estimate of drug-likeness (QED) is 0.233. The van der Waals surface area contributed by atoms with E-state index >= 15 is 0 Å². The maximum atomic E-state index is 11.7. The van der Waals surface area contributed by atoms with Crippen LogP contribution in [0.1, 0.15) is 65.4 Å². The fourth-order valence-electron chi connectivity index (χ4n) is 2.76. The van der Waals surface area contributed by atoms with E-state index in [4.69, 9.17) is 9.78 Å². The lowest BCUT2D eigenvalue weighted by Gasteiger charge is -2.24. The Morgan fingerprint density at radius 1 is 1.07 bits per heavy atom. The molecule has 0 aliphatic carbocycles. The fraction of sp³-hybridized carbons (Fsp3) is 0.524. The van der Waals surface area contributed by atoms with Crippen molar-refractivity contribution in [2.75, 3.05) is 0 Å². The minimum absolute atomic E-state index is 0.0798. The van der Waals surface area contributed by atoms with Crippen molar-refractivity contribution >= 4 is 11.9 Å². The molecule has 0 amide bonds. The van der Waals surface area contributed by atoms with Crippen LogP contribution in [-0.4, -0.2) is 22.2 Å². The molecule has 150 valence electrons. The summed E-state index contributed by atoms with van der Waals surface area (Å²) < 4.78 is 0. The average Bonchev–Trinajstić information content (AvgIpc) is 2.63. The third-order valence-electron chi connectivity index (χ3n) is 4.56. The van der Waals surface area contributed by atoms with Gasteiger partial charge < -0.3 is 15.1 Å². The first-order chi connectivity index (χ1) is 12.7. The Hall–Kier alpha value is -2.34. The van der Waals surface area contributed by atoms with Crippen LogP contribution in [0.15, 0.2) is 41.7 Å². The molecule has 1 atom stereocenters. The molecule has 1 rings (SSSR count). The standard InChI is InChI=1S/C21H30O6/c1-5-7-11-15(6-2)14-17(19(22)23)18(20(24)25)26-27-21(3,4)16-12-9-8-10-13-16/h8-10,12-13,15H,5-7,11,14H2,1-4H3,(H,22,23)(H,24,25). The predicted octanol–water partition coefficient (Wildman–Crippen LogP) is 4.90. The number of unbranched alkanes of at least 4 members (excludes halogenated alkanes) is 1. The van der Waals surface area contributed by atoms with Gasteiger partial charge in [0.05, 0.1) is 5.57 Å². The Morgan fingerprint density at radius 2 is 1.70 bits per heavy atom. The van der Waals surface area contributed by atoms with Crippen molar-refractivity contribution < 1.29 is 29.6 Å². The van der Waals surface area contributed by atoms with E-state index in [0.717, 1.165) is 31.2 Å². The van der Waals surface area contributed by atoms with Crippen molar-refractivity contribution in [3.8, 4) is 0 Å². The lowest BCUT2D eigenvalue weighted by molar-refractivity contribution is -0.331. The number of benzene rings is 1. The van der Waals surface area contributed by atoms with Crippen LogP contribution >= 0.6 is 0 Å². The fourth-order valence-corrected chi connectivity index (χ4v) is 2.76. The van der Waals surface area contributed by atoms with Gasteiger partial charge in [-0.05, 0) is 31.7 Å². The summed E-state index contributed by atoms with van der Waals surface area (Å²) in [7, 11) is 0. The number of aliphatic carboxylic acids is 2. The maximum absolute atomic E-state index is 11.7. The van der Waals surface area contributed by atoms with E-state index < -0.39 is 23.3 Å². The van der Waals surface area contributed by atoms with E-state index in [1.54, 1.807) is 13.8 Å². The van der Waals surface area contributed by atoms with Crippen molar-refractivity contribution in [3.63, 3.8) is 0 Å². The van der Waals surface area contributed by atoms with Gasteiger partial charge in [0.2, 0.25) is 0 Å². The summed E-state index contributed by atoms with van der Waals surface area (Å²) in [5.74, 6) is -3.34. The van der Waals surface area contributed by atoms with Crippen LogP contribution in [0, 0.1) is 5.92 Å². The van der Waals surface area contributed by atoms with Gasteiger partial charge in [0.25, 0.3) is 5.76 Å². The average molecular weight is 378 g/mol. The molecule has 2 N–H and O–H groups in total. The van der Waals surface area contributed by atoms with Crippen molar-refractivity contribution in [2.45, 2.75) is 65.4 Å². The van der Waals surface area contributed by atoms with Crippen LogP contribution in [0.2, 0.25) is 0 Å². The van der Waals surface area contributed by atoms with Gasteiger partial charge in [-0.3, -0.25) is 0 Å². The molecule has 0 spiro atoms. The van der Waals surface area contributed by atoms with Crippen molar-refractivity contribution in [3.05, 3.63) is 47.2 Å². The highest BCUT2D eigenvalue weighted by molar-refractivity contribution is 5.97. The van der Waals surface area contributed by atoms with Gasteiger partial charge in [0.15, 0.2) is 0 Å². The topological polar surface area (TPSA) is 93.1 Å². The van der Waals surface area contributed by atoms with Gasteiger partial charge in [0, 0.05) is 0 Å². The molecule has 0 aliphatic heterocycles. The summed E-state index contributed by atoms with van der Waals surface area (Å²) in [6.07, 6.45) is 3.70. The van der Waals surface area contributed by atoms with Crippen LogP contribution in [0.4, 0.5) is 0 Å². The van der Waals surface area contributed by atoms with E-state index in [0.29, 0.717) is 0 Å². The van der Waals surface area contributed by atoms with Crippen LogP contribution in [0.25, 0.3) is 0 Å². The molecule has 1 unspecified atom stereocenters. The monoisotopic (exact) mass is 378 g/mol. The minimum atomic E-state index is -1.46. The second-order valence-corrected chi connectivity index (χ2v) is 7.08. The molecule has 0 saturated carbocycles. The van der Waals surface area contributed by atoms with Gasteiger partial charge in [-0.2, -0.15) is 4.89 Å². The van der Waals surface area contributed by atoms with Gasteiger partial charge in [-0.15, -0.1) is 0 Å². The van der Waals surface area contributed by atoms with E-state index in [2.05, 4.69) is 6.92 Å². The second-order valence-electron chi connectivity index (χ2n) is 7.08. The van der Waals surface area contributed by atoms with Crippen LogP contribution in [-0.2, 0) is 25.0 Å². The van der Waals surface area contributed by atoms with Crippen molar-refractivity contribution in [1.82, 2.24) is 0 Å². The Kier molecular flexibility index (Phi) is 9.02. The van der Waals surface area contributed by atoms with Crippen LogP contribution < -0.4 is 0 Å². The number of carboxylic acid groups (broad SMARTS) is 2. The zero-order valence-electron chi connectivity index (χ0n) is 16.5. The molecule has 6 heteroatoms. The summed E-state index contributed by atoms with van der Waals surface area (Å²) in [6.45, 7) is 7.47. The van der Waals surface area contributed by atoms with Gasteiger partial charge >= 0.3 is 11.9 Å². The lowest BCUT2D eigenvalue weighted by atomic mass is 9.91. The highest BCUT2D eigenvalue weighted by Crippen LogP contribution is 2.28. The Morgan fingerprint density at radius 3 is 2.19 bits per heavy atom. The Bertz CT molecular complexity index is 648. The van der Waals surface area contributed by atoms with Crippen LogP contribution in [0.3, 0.4) is 0 Å². The molecule has 0 saturated heterocycles. The summed E-state index contributed by atoms with van der Waals surface area (Å²) in [5, 5.41) is 19.0. The minimum Gasteiger partial charge on any atom is -0.478 e. The maximum Gasteiger partial charge on any atom is 0.375 e. The molecule has 0 bridgehead atoms. The molecular formula is C21H30O6. The number of hydrogen-bond acceptors (Lipinski definition) is 4. The molecule has 0 fully saturated rings. The molecule has 27 heavy (non-hydrogen) atoms. The first kappa shape index (κ1) is 22.7. The Balaban J connectivity index is 3.05. The second kappa shape index (κ2) is 10.7. The SMILES string of the molecule is CCCCC(CC)CC(C(=O)O)=C(OOC(C)(C)c1ccccc1)C(=O)O. The van der Waals surface area contributed by atoms with Crippen LogP contribution in [0.5, 0.6) is 0 Å². The number of rotatable bonds is 12. The molecule has 0 aromatic heterocycles.